The summed E-state index contributed by atoms with van der Waals surface area (Å²) in [7, 11) is 0.380. The van der Waals surface area contributed by atoms with Gasteiger partial charge in [0.15, 0.2) is 0 Å². The molecule has 0 aliphatic rings. The second kappa shape index (κ2) is 44.9. The van der Waals surface area contributed by atoms with E-state index in [1.807, 2.05) is 13.8 Å². The van der Waals surface area contributed by atoms with E-state index in [4.69, 9.17) is 0 Å². The van der Waals surface area contributed by atoms with E-state index in [1.165, 1.54) is 6.42 Å². The first-order valence-corrected chi connectivity index (χ1v) is 18.4. The van der Waals surface area contributed by atoms with Crippen molar-refractivity contribution in [3.63, 3.8) is 0 Å². The van der Waals surface area contributed by atoms with Gasteiger partial charge in [0.05, 0.1) is 0 Å². The van der Waals surface area contributed by atoms with Crippen LogP contribution >= 0.6 is 42.4 Å². The second-order valence-electron chi connectivity index (χ2n) is 2.71. The molecule has 0 fully saturated rings. The van der Waals surface area contributed by atoms with E-state index in [2.05, 4.69) is 75.5 Å². The Balaban J connectivity index is -0.0000000289. The minimum Gasteiger partial charge on any atom is -0.116 e. The molecule has 0 aromatic carbocycles. The summed E-state index contributed by atoms with van der Waals surface area (Å²) in [6.45, 7) is 20.9. The standard InChI is InChI=1S/C3H9P.C3H8.C2H6I2.C2H6.C2H4/c1-4(2)3;1-3-2;1-4(2)3;2*1-2/h1-3H3;3H2,1-2H3;1-2H3;1-2H3;1-2H2. The second-order valence-corrected chi connectivity index (χ2v) is 20.1. The first-order chi connectivity index (χ1) is 6.88. The first-order valence-electron chi connectivity index (χ1n) is 5.15. The van der Waals surface area contributed by atoms with Gasteiger partial charge in [-0.05, 0) is 20.0 Å². The van der Waals surface area contributed by atoms with Gasteiger partial charge in [0.2, 0.25) is 0 Å². The van der Waals surface area contributed by atoms with E-state index < -0.39 is 0 Å². The van der Waals surface area contributed by atoms with Crippen molar-refractivity contribution >= 4 is 42.4 Å². The van der Waals surface area contributed by atoms with Crippen LogP contribution in [0.5, 0.6) is 0 Å². The molecular weight excluding hydrogens is 429 g/mol. The summed E-state index contributed by atoms with van der Waals surface area (Å²) in [5, 5.41) is 0. The van der Waals surface area contributed by atoms with Crippen LogP contribution in [0.25, 0.3) is 0 Å². The third kappa shape index (κ3) is 1090. The topological polar surface area (TPSA) is 0 Å². The molecule has 0 aliphatic heterocycles. The average Bonchev–Trinajstić information content (AvgIpc) is 2.09. The van der Waals surface area contributed by atoms with Crippen LogP contribution in [-0.2, 0) is 0 Å². The fourth-order valence-corrected chi connectivity index (χ4v) is 0. The predicted molar refractivity (Wildman–Crippen MR) is 103 cm³/mol. The molecule has 0 amide bonds. The molecule has 0 unspecified atom stereocenters. The molecule has 100 valence electrons. The number of rotatable bonds is 0. The molecule has 0 atom stereocenters. The molecule has 0 N–H and O–H groups in total. The van der Waals surface area contributed by atoms with Gasteiger partial charge in [0.1, 0.15) is 0 Å². The summed E-state index contributed by atoms with van der Waals surface area (Å²) < 4.78 is 0. The van der Waals surface area contributed by atoms with Crippen LogP contribution in [-0.4, -0.2) is 29.9 Å². The Morgan fingerprint density at radius 2 is 1.00 bits per heavy atom. The van der Waals surface area contributed by atoms with Crippen LogP contribution in [0.1, 0.15) is 34.1 Å². The number of hydrogen-bond donors (Lipinski definition) is 0. The van der Waals surface area contributed by atoms with Crippen molar-refractivity contribution in [3.8, 4) is 0 Å². The summed E-state index contributed by atoms with van der Waals surface area (Å²) in [5.74, 6) is 0. The van der Waals surface area contributed by atoms with Gasteiger partial charge in [-0.1, -0.05) is 34.1 Å². The summed E-state index contributed by atoms with van der Waals surface area (Å²) in [6, 6.07) is 0. The fourth-order valence-electron chi connectivity index (χ4n) is 0. The Morgan fingerprint density at radius 3 is 1.00 bits per heavy atom. The third-order valence-electron chi connectivity index (χ3n) is 0. The van der Waals surface area contributed by atoms with Gasteiger partial charge in [0, 0.05) is 0 Å². The van der Waals surface area contributed by atoms with Gasteiger partial charge >= 0.3 is 44.3 Å². The number of hydrogen-bond acceptors (Lipinski definition) is 0. The molecule has 0 saturated heterocycles. The molecule has 0 heterocycles. The van der Waals surface area contributed by atoms with E-state index in [0.29, 0.717) is 7.92 Å². The Kier molecular flexibility index (Phi) is 89.9. The summed E-state index contributed by atoms with van der Waals surface area (Å²) >= 11 is 2.21. The van der Waals surface area contributed by atoms with Crippen molar-refractivity contribution in [2.75, 3.05) is 29.9 Å². The zero-order valence-electron chi connectivity index (χ0n) is 12.3. The van der Waals surface area contributed by atoms with E-state index >= 15 is 0 Å². The van der Waals surface area contributed by atoms with Crippen LogP contribution in [0.2, 0.25) is 0 Å². The molecule has 0 nitrogen and oxygen atoms in total. The van der Waals surface area contributed by atoms with Crippen LogP contribution in [0, 0.1) is 0 Å². The van der Waals surface area contributed by atoms with Crippen molar-refractivity contribution < 1.29 is 0 Å². The number of halogens is 2. The SMILES string of the molecule is C=C.CC.CCC.CI(C)I.CP(C)C. The molecule has 0 radical (unpaired) electrons. The van der Waals surface area contributed by atoms with E-state index in [1.54, 1.807) is 0 Å². The zero-order chi connectivity index (χ0) is 13.9. The Bertz CT molecular complexity index is 46.1. The van der Waals surface area contributed by atoms with Crippen LogP contribution in [0.3, 0.4) is 0 Å². The summed E-state index contributed by atoms with van der Waals surface area (Å²) in [4.78, 5) is 4.62. The fraction of sp³-hybridized carbons (Fsp3) is 0.833. The van der Waals surface area contributed by atoms with Crippen LogP contribution in [0.4, 0.5) is 0 Å². The van der Waals surface area contributed by atoms with E-state index in [9.17, 15) is 0 Å². The van der Waals surface area contributed by atoms with Crippen molar-refractivity contribution in [1.29, 1.82) is 0 Å². The average molecular weight is 462 g/mol. The van der Waals surface area contributed by atoms with Crippen molar-refractivity contribution in [1.82, 2.24) is 0 Å². The number of alkyl halides is 2. The first kappa shape index (κ1) is 30.0. The van der Waals surface area contributed by atoms with E-state index in [0.717, 1.165) is 0 Å². The van der Waals surface area contributed by atoms with Gasteiger partial charge in [-0.2, -0.15) is 0 Å². The van der Waals surface area contributed by atoms with Gasteiger partial charge < -0.3 is 0 Å². The largest absolute Gasteiger partial charge is 0.116 e. The zero-order valence-corrected chi connectivity index (χ0v) is 17.5. The van der Waals surface area contributed by atoms with Gasteiger partial charge in [-0.25, -0.2) is 0 Å². The molecule has 0 aromatic rings. The normalized spacial score (nSPS) is 7.27. The third-order valence-corrected chi connectivity index (χ3v) is 0. The van der Waals surface area contributed by atoms with Crippen molar-refractivity contribution in [3.05, 3.63) is 13.2 Å². The molecular formula is C12H33I2P. The van der Waals surface area contributed by atoms with Crippen LogP contribution in [0.15, 0.2) is 13.2 Å². The Morgan fingerprint density at radius 1 is 1.00 bits per heavy atom. The smallest absolute Gasteiger partial charge is 0.0449 e. The Labute approximate surface area is 118 Å². The molecule has 0 aromatic heterocycles. The molecule has 0 spiro atoms. The van der Waals surface area contributed by atoms with Gasteiger partial charge in [0.25, 0.3) is 0 Å². The maximum Gasteiger partial charge on any atom is -0.0449 e. The Hall–Kier alpha value is 1.63. The molecule has 15 heavy (non-hydrogen) atoms. The summed E-state index contributed by atoms with van der Waals surface area (Å²) in [6.07, 6.45) is 1.25. The summed E-state index contributed by atoms with van der Waals surface area (Å²) in [5.41, 5.74) is 0. The predicted octanol–water partition coefficient (Wildman–Crippen LogP) is 6.70. The quantitative estimate of drug-likeness (QED) is 0.163. The van der Waals surface area contributed by atoms with E-state index in [-0.39, 0.29) is 15.8 Å². The minimum absolute atomic E-state index is 0.293. The molecule has 0 saturated carbocycles. The minimum atomic E-state index is -0.293. The molecule has 0 rings (SSSR count). The molecule has 0 aliphatic carbocycles. The monoisotopic (exact) mass is 462 g/mol. The molecule has 0 bridgehead atoms. The van der Waals surface area contributed by atoms with Crippen LogP contribution < -0.4 is 0 Å². The molecule has 3 heteroatoms. The van der Waals surface area contributed by atoms with Gasteiger partial charge in [-0.3, -0.25) is 0 Å². The van der Waals surface area contributed by atoms with Gasteiger partial charge in [-0.15, -0.1) is 21.1 Å². The maximum atomic E-state index is 3.00. The maximum absolute atomic E-state index is 3.00. The van der Waals surface area contributed by atoms with Crippen molar-refractivity contribution in [2.24, 2.45) is 0 Å². The van der Waals surface area contributed by atoms with Crippen molar-refractivity contribution in [2.45, 2.75) is 34.1 Å².